The number of carbonyl (C=O) groups excluding carboxylic acids is 1. The molecule has 0 aliphatic carbocycles. The van der Waals surface area contributed by atoms with Crippen molar-refractivity contribution in [3.63, 3.8) is 0 Å². The van der Waals surface area contributed by atoms with Gasteiger partial charge in [-0.05, 0) is 30.2 Å². The molecule has 0 spiro atoms. The molecule has 0 aromatic heterocycles. The van der Waals surface area contributed by atoms with Crippen LogP contribution in [0.2, 0.25) is 0 Å². The van der Waals surface area contributed by atoms with Gasteiger partial charge < -0.3 is 10.0 Å². The lowest BCUT2D eigenvalue weighted by Crippen LogP contribution is -2.29. The van der Waals surface area contributed by atoms with Crippen molar-refractivity contribution in [2.75, 3.05) is 13.1 Å². The van der Waals surface area contributed by atoms with Gasteiger partial charge >= 0.3 is 5.97 Å². The first-order valence-corrected chi connectivity index (χ1v) is 8.60. The van der Waals surface area contributed by atoms with E-state index in [1.54, 1.807) is 17.0 Å². The molecule has 1 aliphatic rings. The van der Waals surface area contributed by atoms with Crippen molar-refractivity contribution in [3.8, 4) is 0 Å². The number of aryl methyl sites for hydroxylation is 1. The molecule has 24 heavy (non-hydrogen) atoms. The topological polar surface area (TPSA) is 57.6 Å². The summed E-state index contributed by atoms with van der Waals surface area (Å²) in [4.78, 5) is 26.1. The maximum absolute atomic E-state index is 12.8. The van der Waals surface area contributed by atoms with Crippen LogP contribution in [0.5, 0.6) is 0 Å². The third-order valence-corrected chi connectivity index (χ3v) is 5.43. The molecule has 1 fully saturated rings. The van der Waals surface area contributed by atoms with Gasteiger partial charge in [0.25, 0.3) is 5.91 Å². The first-order valence-electron chi connectivity index (χ1n) is 7.80. The number of amides is 1. The second-order valence-electron chi connectivity index (χ2n) is 6.14. The highest BCUT2D eigenvalue weighted by molar-refractivity contribution is 9.10. The number of hydrogen-bond acceptors (Lipinski definition) is 2. The second-order valence-corrected chi connectivity index (χ2v) is 6.99. The lowest BCUT2D eigenvalue weighted by atomic mass is 9.89. The highest BCUT2D eigenvalue weighted by Gasteiger charge is 2.40. The molecule has 0 unspecified atom stereocenters. The SMILES string of the molecule is Cc1ccc(C(=O)N2C[C@H](C(=O)O)[C@H](c3ccccc3)C2)cc1Br. The first-order chi connectivity index (χ1) is 11.5. The molecule has 5 heteroatoms. The van der Waals surface area contributed by atoms with E-state index in [1.165, 1.54) is 0 Å². The van der Waals surface area contributed by atoms with Crippen LogP contribution in [-0.4, -0.2) is 35.0 Å². The summed E-state index contributed by atoms with van der Waals surface area (Å²) in [6, 6.07) is 15.0. The Bertz CT molecular complexity index is 775. The van der Waals surface area contributed by atoms with E-state index < -0.39 is 11.9 Å². The van der Waals surface area contributed by atoms with E-state index in [4.69, 9.17) is 0 Å². The van der Waals surface area contributed by atoms with Crippen LogP contribution in [0.1, 0.15) is 27.4 Å². The standard InChI is InChI=1S/C19H18BrNO3/c1-12-7-8-14(9-17(12)20)18(22)21-10-15(16(11-21)19(23)24)13-5-3-2-4-6-13/h2-9,15-16H,10-11H2,1H3,(H,23,24)/t15-,16-/m0/s1. The van der Waals surface area contributed by atoms with E-state index in [0.29, 0.717) is 12.1 Å². The number of aliphatic carboxylic acids is 1. The molecular formula is C19H18BrNO3. The van der Waals surface area contributed by atoms with Crippen LogP contribution in [-0.2, 0) is 4.79 Å². The summed E-state index contributed by atoms with van der Waals surface area (Å²) in [5, 5.41) is 9.55. The summed E-state index contributed by atoms with van der Waals surface area (Å²) in [7, 11) is 0. The van der Waals surface area contributed by atoms with Crippen molar-refractivity contribution in [1.82, 2.24) is 4.90 Å². The summed E-state index contributed by atoms with van der Waals surface area (Å²) in [5.74, 6) is -1.74. The predicted molar refractivity (Wildman–Crippen MR) is 95.1 cm³/mol. The number of halogens is 1. The van der Waals surface area contributed by atoms with E-state index >= 15 is 0 Å². The number of carbonyl (C=O) groups is 2. The number of carboxylic acids is 1. The molecule has 2 aromatic rings. The minimum atomic E-state index is -0.857. The van der Waals surface area contributed by atoms with Crippen LogP contribution >= 0.6 is 15.9 Å². The molecule has 0 bridgehead atoms. The molecule has 0 saturated carbocycles. The van der Waals surface area contributed by atoms with Crippen molar-refractivity contribution in [2.45, 2.75) is 12.8 Å². The van der Waals surface area contributed by atoms with Crippen LogP contribution < -0.4 is 0 Å². The molecule has 0 radical (unpaired) electrons. The quantitative estimate of drug-likeness (QED) is 0.873. The first kappa shape index (κ1) is 16.7. The van der Waals surface area contributed by atoms with E-state index in [-0.39, 0.29) is 18.4 Å². The highest BCUT2D eigenvalue weighted by Crippen LogP contribution is 2.34. The van der Waals surface area contributed by atoms with Crippen molar-refractivity contribution >= 4 is 27.8 Å². The molecule has 1 saturated heterocycles. The Labute approximate surface area is 149 Å². The zero-order chi connectivity index (χ0) is 17.3. The molecule has 1 aliphatic heterocycles. The summed E-state index contributed by atoms with van der Waals surface area (Å²) in [6.45, 7) is 2.62. The van der Waals surface area contributed by atoms with Gasteiger partial charge in [-0.25, -0.2) is 0 Å². The van der Waals surface area contributed by atoms with Gasteiger partial charge in [0.05, 0.1) is 5.92 Å². The Kier molecular flexibility index (Phi) is 4.71. The molecule has 1 N–H and O–H groups in total. The van der Waals surface area contributed by atoms with E-state index in [9.17, 15) is 14.7 Å². The molecule has 124 valence electrons. The van der Waals surface area contributed by atoms with E-state index in [1.807, 2.05) is 43.3 Å². The number of benzene rings is 2. The summed E-state index contributed by atoms with van der Waals surface area (Å²) < 4.78 is 0.877. The van der Waals surface area contributed by atoms with Crippen molar-refractivity contribution < 1.29 is 14.7 Å². The van der Waals surface area contributed by atoms with Crippen LogP contribution in [0.4, 0.5) is 0 Å². The van der Waals surface area contributed by atoms with Gasteiger partial charge in [-0.2, -0.15) is 0 Å². The largest absolute Gasteiger partial charge is 0.481 e. The average molecular weight is 388 g/mol. The maximum Gasteiger partial charge on any atom is 0.308 e. The van der Waals surface area contributed by atoms with Crippen LogP contribution in [0.15, 0.2) is 53.0 Å². The fraction of sp³-hybridized carbons (Fsp3) is 0.263. The summed E-state index contributed by atoms with van der Waals surface area (Å²) >= 11 is 3.44. The summed E-state index contributed by atoms with van der Waals surface area (Å²) in [5.41, 5.74) is 2.59. The number of likely N-dealkylation sites (tertiary alicyclic amines) is 1. The number of nitrogens with zero attached hydrogens (tertiary/aromatic N) is 1. The minimum absolute atomic E-state index is 0.125. The second kappa shape index (κ2) is 6.77. The number of rotatable bonds is 3. The highest BCUT2D eigenvalue weighted by atomic mass is 79.9. The number of carboxylic acid groups (broad SMARTS) is 1. The summed E-state index contributed by atoms with van der Waals surface area (Å²) in [6.07, 6.45) is 0. The van der Waals surface area contributed by atoms with Crippen LogP contribution in [0, 0.1) is 12.8 Å². The van der Waals surface area contributed by atoms with Crippen molar-refractivity contribution in [3.05, 3.63) is 69.7 Å². The van der Waals surface area contributed by atoms with Gasteiger partial charge in [0, 0.05) is 29.0 Å². The fourth-order valence-electron chi connectivity index (χ4n) is 3.17. The zero-order valence-electron chi connectivity index (χ0n) is 13.3. The van der Waals surface area contributed by atoms with Crippen molar-refractivity contribution in [2.24, 2.45) is 5.92 Å². The van der Waals surface area contributed by atoms with Gasteiger partial charge in [0.1, 0.15) is 0 Å². The minimum Gasteiger partial charge on any atom is -0.481 e. The smallest absolute Gasteiger partial charge is 0.308 e. The van der Waals surface area contributed by atoms with E-state index in [0.717, 1.165) is 15.6 Å². The Hall–Kier alpha value is -2.14. The van der Waals surface area contributed by atoms with Gasteiger partial charge in [0.2, 0.25) is 0 Å². The lowest BCUT2D eigenvalue weighted by Gasteiger charge is -2.17. The molecule has 4 nitrogen and oxygen atoms in total. The van der Waals surface area contributed by atoms with Gasteiger partial charge in [-0.1, -0.05) is 52.3 Å². The fourth-order valence-corrected chi connectivity index (χ4v) is 3.55. The maximum atomic E-state index is 12.8. The molecule has 1 heterocycles. The molecule has 1 amide bonds. The normalized spacial score (nSPS) is 20.2. The van der Waals surface area contributed by atoms with E-state index in [2.05, 4.69) is 15.9 Å². The Morgan fingerprint density at radius 2 is 1.83 bits per heavy atom. The molecule has 2 atom stereocenters. The third kappa shape index (κ3) is 3.22. The van der Waals surface area contributed by atoms with Gasteiger partial charge in [0.15, 0.2) is 0 Å². The molecule has 3 rings (SSSR count). The monoisotopic (exact) mass is 387 g/mol. The third-order valence-electron chi connectivity index (χ3n) is 4.57. The molecule has 2 aromatic carbocycles. The Morgan fingerprint density at radius 3 is 2.46 bits per heavy atom. The Balaban J connectivity index is 1.86. The number of hydrogen-bond donors (Lipinski definition) is 1. The molecular weight excluding hydrogens is 370 g/mol. The van der Waals surface area contributed by atoms with Crippen LogP contribution in [0.25, 0.3) is 0 Å². The van der Waals surface area contributed by atoms with Gasteiger partial charge in [-0.15, -0.1) is 0 Å². The van der Waals surface area contributed by atoms with Gasteiger partial charge in [-0.3, -0.25) is 9.59 Å². The lowest BCUT2D eigenvalue weighted by molar-refractivity contribution is -0.141. The predicted octanol–water partition coefficient (Wildman–Crippen LogP) is 3.70. The Morgan fingerprint density at radius 1 is 1.12 bits per heavy atom. The van der Waals surface area contributed by atoms with Crippen LogP contribution in [0.3, 0.4) is 0 Å². The average Bonchev–Trinajstić information content (AvgIpc) is 3.03. The zero-order valence-corrected chi connectivity index (χ0v) is 14.9. The van der Waals surface area contributed by atoms with Crippen molar-refractivity contribution in [1.29, 1.82) is 0 Å².